The van der Waals surface area contributed by atoms with Gasteiger partial charge in [0.05, 0.1) is 17.3 Å². The first-order chi connectivity index (χ1) is 6.20. The summed E-state index contributed by atoms with van der Waals surface area (Å²) in [6.45, 7) is 0. The lowest BCUT2D eigenvalue weighted by atomic mass is 10.1. The molecule has 0 unspecified atom stereocenters. The Hall–Kier alpha value is -1.36. The van der Waals surface area contributed by atoms with Crippen LogP contribution in [0.25, 0.3) is 10.9 Å². The molecular formula is C8H5BrN2O2. The molecule has 5 heteroatoms. The number of hydrogen-bond donors (Lipinski definition) is 2. The highest BCUT2D eigenvalue weighted by Crippen LogP contribution is 2.24. The summed E-state index contributed by atoms with van der Waals surface area (Å²) in [5, 5.41) is 16.0. The Morgan fingerprint density at radius 1 is 1.54 bits per heavy atom. The summed E-state index contributed by atoms with van der Waals surface area (Å²) in [5.41, 5.74) is 0.776. The highest BCUT2D eigenvalue weighted by atomic mass is 79.9. The molecule has 1 heterocycles. The summed E-state index contributed by atoms with van der Waals surface area (Å²) in [6, 6.07) is 3.23. The van der Waals surface area contributed by atoms with E-state index < -0.39 is 5.97 Å². The lowest BCUT2D eigenvalue weighted by Gasteiger charge is -1.97. The van der Waals surface area contributed by atoms with Crippen molar-refractivity contribution in [3.8, 4) is 0 Å². The van der Waals surface area contributed by atoms with Gasteiger partial charge in [0.15, 0.2) is 0 Å². The first kappa shape index (κ1) is 8.25. The van der Waals surface area contributed by atoms with Crippen molar-refractivity contribution in [1.29, 1.82) is 0 Å². The van der Waals surface area contributed by atoms with Gasteiger partial charge in [0.2, 0.25) is 0 Å². The number of aromatic carboxylic acids is 1. The van der Waals surface area contributed by atoms with Crippen LogP contribution in [0.5, 0.6) is 0 Å². The topological polar surface area (TPSA) is 66.0 Å². The van der Waals surface area contributed by atoms with E-state index in [4.69, 9.17) is 5.11 Å². The fourth-order valence-electron chi connectivity index (χ4n) is 1.18. The molecule has 0 radical (unpaired) electrons. The van der Waals surface area contributed by atoms with Gasteiger partial charge in [-0.05, 0) is 12.1 Å². The van der Waals surface area contributed by atoms with E-state index in [1.807, 2.05) is 0 Å². The standard InChI is InChI=1S/C8H5BrN2O2/c9-6-2-1-4(8(12)13)7-5(6)3-10-11-7/h1-3H,(H,10,11)(H,12,13). The molecule has 0 aliphatic rings. The van der Waals surface area contributed by atoms with Crippen LogP contribution in [0.3, 0.4) is 0 Å². The number of carbonyl (C=O) groups is 1. The van der Waals surface area contributed by atoms with Crippen LogP contribution < -0.4 is 0 Å². The van der Waals surface area contributed by atoms with Gasteiger partial charge in [-0.2, -0.15) is 5.10 Å². The number of halogens is 1. The average molecular weight is 241 g/mol. The summed E-state index contributed by atoms with van der Waals surface area (Å²) in [7, 11) is 0. The Balaban J connectivity index is 2.86. The number of nitrogens with zero attached hydrogens (tertiary/aromatic N) is 1. The highest BCUT2D eigenvalue weighted by molar-refractivity contribution is 9.10. The Labute approximate surface area is 81.7 Å². The van der Waals surface area contributed by atoms with Crippen LogP contribution >= 0.6 is 15.9 Å². The van der Waals surface area contributed by atoms with Crippen LogP contribution in [0, 0.1) is 0 Å². The largest absolute Gasteiger partial charge is 0.478 e. The van der Waals surface area contributed by atoms with Gasteiger partial charge >= 0.3 is 5.97 Å². The molecule has 0 saturated heterocycles. The lowest BCUT2D eigenvalue weighted by molar-refractivity contribution is 0.0699. The number of hydrogen-bond acceptors (Lipinski definition) is 2. The Kier molecular flexibility index (Phi) is 1.81. The van der Waals surface area contributed by atoms with Crippen molar-refractivity contribution in [2.75, 3.05) is 0 Å². The van der Waals surface area contributed by atoms with Crippen molar-refractivity contribution in [1.82, 2.24) is 10.2 Å². The average Bonchev–Trinajstić information content (AvgIpc) is 2.53. The van der Waals surface area contributed by atoms with Crippen LogP contribution in [0.2, 0.25) is 0 Å². The minimum Gasteiger partial charge on any atom is -0.478 e. The molecule has 1 aromatic carbocycles. The quantitative estimate of drug-likeness (QED) is 0.802. The lowest BCUT2D eigenvalue weighted by Crippen LogP contribution is -1.97. The molecule has 0 atom stereocenters. The predicted octanol–water partition coefficient (Wildman–Crippen LogP) is 2.02. The van der Waals surface area contributed by atoms with Crippen molar-refractivity contribution >= 4 is 32.8 Å². The van der Waals surface area contributed by atoms with Gasteiger partial charge in [-0.25, -0.2) is 4.79 Å². The van der Waals surface area contributed by atoms with Crippen molar-refractivity contribution < 1.29 is 9.90 Å². The SMILES string of the molecule is O=C(O)c1ccc(Br)c2cn[nH]c12. The smallest absolute Gasteiger partial charge is 0.337 e. The van der Waals surface area contributed by atoms with E-state index in [0.717, 1.165) is 9.86 Å². The zero-order valence-electron chi connectivity index (χ0n) is 6.41. The number of benzene rings is 1. The molecule has 2 aromatic rings. The number of aromatic nitrogens is 2. The number of carboxylic acids is 1. The summed E-state index contributed by atoms with van der Waals surface area (Å²) in [6.07, 6.45) is 1.59. The van der Waals surface area contributed by atoms with Gasteiger partial charge in [0.1, 0.15) is 0 Å². The summed E-state index contributed by atoms with van der Waals surface area (Å²) in [4.78, 5) is 10.8. The molecule has 0 spiro atoms. The molecule has 0 amide bonds. The van der Waals surface area contributed by atoms with Crippen LogP contribution in [0.15, 0.2) is 22.8 Å². The number of aromatic amines is 1. The van der Waals surface area contributed by atoms with E-state index in [9.17, 15) is 4.79 Å². The normalized spacial score (nSPS) is 10.5. The zero-order chi connectivity index (χ0) is 9.42. The maximum absolute atomic E-state index is 10.8. The third-order valence-corrected chi connectivity index (χ3v) is 2.48. The van der Waals surface area contributed by atoms with Crippen molar-refractivity contribution in [2.45, 2.75) is 0 Å². The molecule has 1 aromatic heterocycles. The molecule has 2 rings (SSSR count). The molecule has 0 aliphatic heterocycles. The Morgan fingerprint density at radius 2 is 2.31 bits per heavy atom. The third kappa shape index (κ3) is 1.21. The minimum absolute atomic E-state index is 0.232. The number of fused-ring (bicyclic) bond motifs is 1. The fourth-order valence-corrected chi connectivity index (χ4v) is 1.61. The van der Waals surface area contributed by atoms with Crippen LogP contribution in [-0.4, -0.2) is 21.3 Å². The fraction of sp³-hybridized carbons (Fsp3) is 0. The van der Waals surface area contributed by atoms with E-state index in [2.05, 4.69) is 26.1 Å². The second-order valence-electron chi connectivity index (χ2n) is 2.56. The maximum atomic E-state index is 10.8. The number of rotatable bonds is 1. The van der Waals surface area contributed by atoms with Crippen LogP contribution in [0.1, 0.15) is 10.4 Å². The van der Waals surface area contributed by atoms with E-state index in [-0.39, 0.29) is 5.56 Å². The number of nitrogens with one attached hydrogen (secondary N) is 1. The van der Waals surface area contributed by atoms with Crippen molar-refractivity contribution in [3.05, 3.63) is 28.4 Å². The summed E-state index contributed by atoms with van der Waals surface area (Å²) >= 11 is 3.31. The number of carboxylic acid groups (broad SMARTS) is 1. The molecule has 0 bridgehead atoms. The first-order valence-electron chi connectivity index (χ1n) is 3.55. The Bertz CT molecular complexity index is 478. The first-order valence-corrected chi connectivity index (χ1v) is 4.34. The van der Waals surface area contributed by atoms with Crippen molar-refractivity contribution in [3.63, 3.8) is 0 Å². The van der Waals surface area contributed by atoms with Gasteiger partial charge in [-0.15, -0.1) is 0 Å². The third-order valence-electron chi connectivity index (χ3n) is 1.79. The molecule has 13 heavy (non-hydrogen) atoms. The predicted molar refractivity (Wildman–Crippen MR) is 50.8 cm³/mol. The molecule has 0 fully saturated rings. The second kappa shape index (κ2) is 2.85. The molecule has 2 N–H and O–H groups in total. The van der Waals surface area contributed by atoms with E-state index >= 15 is 0 Å². The summed E-state index contributed by atoms with van der Waals surface area (Å²) in [5.74, 6) is -0.957. The van der Waals surface area contributed by atoms with Gasteiger partial charge in [-0.1, -0.05) is 15.9 Å². The van der Waals surface area contributed by atoms with Gasteiger partial charge in [0, 0.05) is 9.86 Å². The van der Waals surface area contributed by atoms with Crippen LogP contribution in [-0.2, 0) is 0 Å². The van der Waals surface area contributed by atoms with Crippen LogP contribution in [0.4, 0.5) is 0 Å². The van der Waals surface area contributed by atoms with Gasteiger partial charge < -0.3 is 5.11 Å². The van der Waals surface area contributed by atoms with E-state index in [0.29, 0.717) is 5.52 Å². The summed E-state index contributed by atoms with van der Waals surface area (Å²) < 4.78 is 0.834. The molecular weight excluding hydrogens is 236 g/mol. The molecule has 66 valence electrons. The van der Waals surface area contributed by atoms with E-state index in [1.165, 1.54) is 6.07 Å². The van der Waals surface area contributed by atoms with E-state index in [1.54, 1.807) is 12.3 Å². The zero-order valence-corrected chi connectivity index (χ0v) is 8.00. The molecule has 0 aliphatic carbocycles. The Morgan fingerprint density at radius 3 is 3.00 bits per heavy atom. The molecule has 0 saturated carbocycles. The minimum atomic E-state index is -0.957. The number of H-pyrrole nitrogens is 1. The second-order valence-corrected chi connectivity index (χ2v) is 3.41. The van der Waals surface area contributed by atoms with Crippen molar-refractivity contribution in [2.24, 2.45) is 0 Å². The monoisotopic (exact) mass is 240 g/mol. The highest BCUT2D eigenvalue weighted by Gasteiger charge is 2.11. The van der Waals surface area contributed by atoms with Gasteiger partial charge in [0.25, 0.3) is 0 Å². The molecule has 4 nitrogen and oxygen atoms in total. The maximum Gasteiger partial charge on any atom is 0.337 e. The van der Waals surface area contributed by atoms with Gasteiger partial charge in [-0.3, -0.25) is 5.10 Å².